The van der Waals surface area contributed by atoms with Gasteiger partial charge in [-0.1, -0.05) is 250 Å². The molecule has 0 bridgehead atoms. The van der Waals surface area contributed by atoms with Gasteiger partial charge in [-0.05, 0) is 209 Å². The van der Waals surface area contributed by atoms with E-state index in [9.17, 15) is 28.2 Å². The van der Waals surface area contributed by atoms with Gasteiger partial charge in [0.15, 0.2) is 23.7 Å². The van der Waals surface area contributed by atoms with Gasteiger partial charge in [0, 0.05) is 159 Å². The van der Waals surface area contributed by atoms with Crippen LogP contribution in [-0.4, -0.2) is 204 Å². The average Bonchev–Trinajstić information content (AvgIpc) is 1.81. The number of rotatable bonds is 34. The Morgan fingerprint density at radius 1 is 0.656 bits per heavy atom. The number of likely N-dealkylation sites (N-methyl/N-ethyl adjacent to an activating group) is 1. The van der Waals surface area contributed by atoms with E-state index < -0.39 is 16.1 Å². The predicted octanol–water partition coefficient (Wildman–Crippen LogP) is 22.4. The van der Waals surface area contributed by atoms with Gasteiger partial charge >= 0.3 is 0 Å². The maximum absolute atomic E-state index is 11.9. The van der Waals surface area contributed by atoms with Crippen molar-refractivity contribution in [2.75, 3.05) is 99.1 Å². The number of ketones is 2. The summed E-state index contributed by atoms with van der Waals surface area (Å²) in [5.41, 5.74) is 2.06. The number of nitrogens with one attached hydrogen (secondary N) is 5. The van der Waals surface area contributed by atoms with E-state index in [2.05, 4.69) is 284 Å². The SMILES string of the molecule is C=C(C)N1CC[C@H](C(C)C)C1.C=C([C@@H]1C[C@H](C(C)C)CN1)N(C)C.C=CCCCC(C)C.CC(C)C1CN(C2=NCCS2)C1.CC(C)C1Cn2ccc[n+]2C1.CC(C)CC(=N)N(C)C.CC(C)[C@@H]1CN[C@H](CNS(C)(=O)=O)C1.CC(C)[C@@H]1CN[C@H]([C@H](O)C2CCCC2)C1.CC(C)[C@@H]1Cc2nccn2C1.CCC(C)(C)[C@H](O)C(=O)CCCC(=O)CCCC(C)C.CCCC(C)C.[CH3-]. The summed E-state index contributed by atoms with van der Waals surface area (Å²) in [6.45, 7) is 84.7. The molecule has 0 aromatic carbocycles. The largest absolute Gasteiger partial charge is 0.391 e. The highest BCUT2D eigenvalue weighted by Gasteiger charge is 2.38. The number of hydrogen-bond donors (Lipinski definition) is 7. The van der Waals surface area contributed by atoms with Crippen LogP contribution in [-0.2, 0) is 45.7 Å². The molecule has 5 saturated heterocycles. The van der Waals surface area contributed by atoms with Crippen LogP contribution in [0.5, 0.6) is 0 Å². The fourth-order valence-electron chi connectivity index (χ4n) is 17.3. The lowest BCUT2D eigenvalue weighted by Crippen LogP contribution is -2.50. The van der Waals surface area contributed by atoms with Gasteiger partial charge in [0.05, 0.1) is 37.5 Å². The number of hydrogen-bond acceptors (Lipinski definition) is 16. The number of aliphatic hydroxyl groups excluding tert-OH is 2. The zero-order valence-electron chi connectivity index (χ0n) is 91.1. The summed E-state index contributed by atoms with van der Waals surface area (Å²) in [7, 11) is 4.90. The van der Waals surface area contributed by atoms with E-state index in [4.69, 9.17) is 5.41 Å². The minimum atomic E-state index is -3.04. The number of Topliss-reactive ketones (excluding diaryl/α,β-unsaturated/α-hetero) is 2. The third-order valence-electron chi connectivity index (χ3n) is 28.2. The molecule has 1 saturated carbocycles. The number of unbranched alkanes of at least 4 members (excludes halogenated alkanes) is 1. The van der Waals surface area contributed by atoms with Crippen molar-refractivity contribution in [3.63, 3.8) is 0 Å². The summed E-state index contributed by atoms with van der Waals surface area (Å²) in [4.78, 5) is 41.0. The van der Waals surface area contributed by atoms with Gasteiger partial charge in [-0.15, -0.1) is 11.3 Å². The monoisotopic (exact) mass is 1880 g/mol. The van der Waals surface area contributed by atoms with Crippen molar-refractivity contribution in [3.8, 4) is 0 Å². The first kappa shape index (κ1) is 127. The van der Waals surface area contributed by atoms with E-state index in [0.29, 0.717) is 85.8 Å². The molecule has 2 aromatic rings. The molecule has 7 N–H and O–H groups in total. The van der Waals surface area contributed by atoms with Gasteiger partial charge < -0.3 is 57.8 Å². The predicted molar refractivity (Wildman–Crippen MR) is 568 cm³/mol. The van der Waals surface area contributed by atoms with Crippen LogP contribution < -0.4 is 25.4 Å². The molecule has 11 rings (SSSR count). The number of aliphatic imine (C=N–C) groups is 1. The van der Waals surface area contributed by atoms with E-state index in [1.165, 1.54) is 164 Å². The van der Waals surface area contributed by atoms with Crippen molar-refractivity contribution >= 4 is 44.4 Å². The lowest BCUT2D eigenvalue weighted by atomic mass is 9.81. The quantitative estimate of drug-likeness (QED) is 0.00862. The summed E-state index contributed by atoms with van der Waals surface area (Å²) >= 11 is 1.92. The van der Waals surface area contributed by atoms with Crippen molar-refractivity contribution < 1.29 is 32.9 Å². The molecule has 131 heavy (non-hydrogen) atoms. The smallest absolute Gasteiger partial charge is 0.208 e. The van der Waals surface area contributed by atoms with E-state index in [1.54, 1.807) is 0 Å². The normalized spacial score (nSPS) is 21.8. The van der Waals surface area contributed by atoms with E-state index in [0.717, 1.165) is 141 Å². The van der Waals surface area contributed by atoms with Crippen LogP contribution >= 0.6 is 11.8 Å². The maximum atomic E-state index is 11.9. The zero-order valence-corrected chi connectivity index (χ0v) is 92.7. The Hall–Kier alpha value is -4.42. The highest BCUT2D eigenvalue weighted by molar-refractivity contribution is 8.14. The molecule has 22 heteroatoms. The number of aliphatic hydroxyl groups is 2. The van der Waals surface area contributed by atoms with E-state index in [1.807, 2.05) is 63.8 Å². The molecule has 9 aliphatic rings. The first-order chi connectivity index (χ1) is 60.8. The first-order valence-electron chi connectivity index (χ1n) is 51.9. The van der Waals surface area contributed by atoms with Gasteiger partial charge in [0.25, 0.3) is 0 Å². The molecule has 2 aromatic heterocycles. The Kier molecular flexibility index (Phi) is 65.5. The second-order valence-corrected chi connectivity index (χ2v) is 47.7. The van der Waals surface area contributed by atoms with Crippen LogP contribution in [0.25, 0.3) is 0 Å². The molecule has 20 nitrogen and oxygen atoms in total. The zero-order chi connectivity index (χ0) is 98.9. The molecule has 10 atom stereocenters. The molecule has 8 aliphatic heterocycles. The summed E-state index contributed by atoms with van der Waals surface area (Å²) in [5, 5.41) is 39.3. The molecule has 0 amide bonds. The van der Waals surface area contributed by atoms with E-state index >= 15 is 0 Å². The second kappa shape index (κ2) is 67.8. The number of amidine groups is 2. The molecule has 0 unspecified atom stereocenters. The fourth-order valence-corrected chi connectivity index (χ4v) is 18.7. The number of carbonyl (C=O) groups is 2. The number of aromatic nitrogens is 4. The van der Waals surface area contributed by atoms with Gasteiger partial charge in [-0.25, -0.2) is 18.1 Å². The standard InChI is InChI=1S/C17H32O3.C13H25NO.C11H22N2.C10H19N.C9H20N2O2S.C9H16N2S.C9H14N2.C9H15N2.C8H16.C7H16N2.C6H14.CH3/c1-6-17(4,5)16(20)15(19)12-8-11-14(18)10-7-9-13(2)3;1-9(2)11-7-12(14-8-11)13(15)10-5-3-4-6-10;1-8(2)10-6-11(12-7-10)9(3)13(4)5;1-8(2)10-5-6-11(7-10)9(3)4;1-7(2)8-4-9(10-5-8)6-11-14(3,12)13;1-7(2)8-5-11(6-8)9-10-3-4-12-9;1-7(2)8-5-9-10-3-4-11(9)6-8;1-8(2)9-6-10-4-3-5-11(10)7-9;1-4-5-6-7-8(2)3;1-6(2)5-7(8)9(3)4;1-4-5-6(2)3;/h13,16,20H,6-12H2,1-5H3;9-15H,3-8H2,1-2H3;8,10-12H,3,6-7H2,1-2,4-5H3;8,10H,3,5-7H2,1-2,4H3;7-11H,4-6H2,1-3H3;7-8H,3-6H2,1-2H3;3-4,7-8H,5-6H2,1-2H3;3-5,8-9H,6-7H2,1-2H3;4,8H,1,5-7H2,2-3H3;6,8H,5H2,1-4H3;6H,4-5H2,1-3H3;1H3/q;;;;;;;+1;;;;-1/t16-;11-,12-,13+;10-,11-;10-;8-,9-;;8-;;;;;/m10000.1...../s1. The van der Waals surface area contributed by atoms with Gasteiger partial charge in [0.2, 0.25) is 10.0 Å². The van der Waals surface area contributed by atoms with Gasteiger partial charge in [-0.3, -0.25) is 20.0 Å². The third-order valence-corrected chi connectivity index (χ3v) is 30.0. The van der Waals surface area contributed by atoms with E-state index in [-0.39, 0.29) is 30.5 Å². The molecule has 766 valence electrons. The summed E-state index contributed by atoms with van der Waals surface area (Å²) in [6, 6.07) is 3.29. The molecule has 6 fully saturated rings. The molecule has 0 spiro atoms. The Labute approximate surface area is 813 Å². The van der Waals surface area contributed by atoms with Crippen LogP contribution in [0.15, 0.2) is 73.1 Å². The number of allylic oxidation sites excluding steroid dienone is 2. The van der Waals surface area contributed by atoms with Gasteiger partial charge in [0.1, 0.15) is 17.7 Å². The number of thioether (sulfide) groups is 1. The van der Waals surface area contributed by atoms with Crippen molar-refractivity contribution in [1.82, 2.24) is 54.5 Å². The average molecular weight is 1880 g/mol. The Morgan fingerprint density at radius 3 is 1.63 bits per heavy atom. The number of nitrogens with zero attached hydrogens (tertiary/aromatic N) is 9. The van der Waals surface area contributed by atoms with Gasteiger partial charge in [-0.2, -0.15) is 4.68 Å². The lowest BCUT2D eigenvalue weighted by molar-refractivity contribution is -0.760. The Morgan fingerprint density at radius 2 is 1.20 bits per heavy atom. The van der Waals surface area contributed by atoms with Crippen LogP contribution in [0.3, 0.4) is 0 Å². The Balaban J connectivity index is 0.00000143. The fraction of sp³-hybridized carbons (Fsp3) is 0.844. The molecule has 0 radical (unpaired) electrons. The highest BCUT2D eigenvalue weighted by Crippen LogP contribution is 2.35. The molecule has 10 heterocycles. The molecular formula is C109H212N14O6S2. The number of carbonyl (C=O) groups excluding carboxylic acids is 2. The topological polar surface area (TPSA) is 233 Å². The van der Waals surface area contributed by atoms with Crippen molar-refractivity contribution in [3.05, 3.63) is 81.3 Å². The second-order valence-electron chi connectivity index (χ2n) is 44.8. The molecular weight excluding hydrogens is 1670 g/mol. The van der Waals surface area contributed by atoms with Crippen molar-refractivity contribution in [1.29, 1.82) is 5.41 Å². The lowest BCUT2D eigenvalue weighted by Gasteiger charge is -2.42. The minimum absolute atomic E-state index is 0. The minimum Gasteiger partial charge on any atom is -0.391 e. The van der Waals surface area contributed by atoms with Crippen LogP contribution in [0.1, 0.15) is 328 Å². The number of fused-ring (bicyclic) bond motifs is 2. The number of sulfonamides is 1. The van der Waals surface area contributed by atoms with Crippen LogP contribution in [0, 0.1) is 131 Å². The summed E-state index contributed by atoms with van der Waals surface area (Å²) in [5.74, 6) is 18.1. The Bertz CT molecular complexity index is 3400. The maximum Gasteiger partial charge on any atom is 0.208 e. The first-order valence-corrected chi connectivity index (χ1v) is 54.8. The summed E-state index contributed by atoms with van der Waals surface area (Å²) < 4.78 is 31.1. The highest BCUT2D eigenvalue weighted by atomic mass is 32.2. The van der Waals surface area contributed by atoms with Crippen molar-refractivity contribution in [2.45, 2.75) is 378 Å². The number of likely N-dealkylation sites (tertiary alicyclic amines) is 2. The number of imidazole rings is 1. The van der Waals surface area contributed by atoms with Crippen molar-refractivity contribution in [2.24, 2.45) is 123 Å². The van der Waals surface area contributed by atoms with Crippen LogP contribution in [0.2, 0.25) is 0 Å². The molecule has 1 aliphatic carbocycles. The third kappa shape index (κ3) is 53.9. The van der Waals surface area contributed by atoms with Crippen LogP contribution in [0.4, 0.5) is 0 Å². The summed E-state index contributed by atoms with van der Waals surface area (Å²) in [6.07, 6.45) is 33.8.